The average Bonchev–Trinajstić information content (AvgIpc) is 3.17. The first-order valence-corrected chi connectivity index (χ1v) is 13.9. The molecule has 3 amide bonds. The van der Waals surface area contributed by atoms with E-state index in [0.717, 1.165) is 22.2 Å². The fourth-order valence-electron chi connectivity index (χ4n) is 3.66. The number of aromatic carboxylic acids is 1. The van der Waals surface area contributed by atoms with E-state index in [4.69, 9.17) is 26.2 Å². The highest BCUT2D eigenvalue weighted by molar-refractivity contribution is 9.10. The number of nitrogens with one attached hydrogen (secondary N) is 1. The van der Waals surface area contributed by atoms with E-state index in [1.165, 1.54) is 12.1 Å². The number of benzene rings is 3. The van der Waals surface area contributed by atoms with Gasteiger partial charge in [-0.15, -0.1) is 0 Å². The molecular weight excluding hydrogens is 624 g/mol. The van der Waals surface area contributed by atoms with Crippen LogP contribution in [0.15, 0.2) is 70.0 Å². The molecule has 1 heterocycles. The number of hydrogen-bond acceptors (Lipinski definition) is 7. The van der Waals surface area contributed by atoms with E-state index < -0.39 is 29.6 Å². The first-order chi connectivity index (χ1) is 19.2. The van der Waals surface area contributed by atoms with Gasteiger partial charge in [0.25, 0.3) is 11.1 Å². The summed E-state index contributed by atoms with van der Waals surface area (Å²) in [6.07, 6.45) is 1.54. The zero-order valence-electron chi connectivity index (χ0n) is 21.0. The van der Waals surface area contributed by atoms with E-state index >= 15 is 0 Å². The van der Waals surface area contributed by atoms with Gasteiger partial charge in [-0.1, -0.05) is 35.9 Å². The number of nitrogens with zero attached hydrogens (tertiary/aromatic N) is 1. The van der Waals surface area contributed by atoms with Gasteiger partial charge in [0.05, 0.1) is 32.3 Å². The summed E-state index contributed by atoms with van der Waals surface area (Å²) in [5.41, 5.74) is 1.88. The number of imide groups is 1. The van der Waals surface area contributed by atoms with Crippen molar-refractivity contribution in [2.24, 2.45) is 0 Å². The Bertz CT molecular complexity index is 1510. The van der Waals surface area contributed by atoms with Gasteiger partial charge < -0.3 is 19.9 Å². The van der Waals surface area contributed by atoms with Gasteiger partial charge >= 0.3 is 5.97 Å². The number of carbonyl (C=O) groups is 4. The minimum Gasteiger partial charge on any atom is -0.490 e. The van der Waals surface area contributed by atoms with Gasteiger partial charge in [-0.25, -0.2) is 4.79 Å². The zero-order chi connectivity index (χ0) is 28.8. The van der Waals surface area contributed by atoms with Crippen LogP contribution in [0.25, 0.3) is 6.08 Å². The number of thioether (sulfide) groups is 1. The van der Waals surface area contributed by atoms with Gasteiger partial charge in [-0.2, -0.15) is 0 Å². The van der Waals surface area contributed by atoms with Crippen LogP contribution in [-0.4, -0.2) is 46.2 Å². The van der Waals surface area contributed by atoms with E-state index in [1.807, 2.05) is 6.92 Å². The largest absolute Gasteiger partial charge is 0.490 e. The van der Waals surface area contributed by atoms with Crippen molar-refractivity contribution in [2.45, 2.75) is 13.5 Å². The van der Waals surface area contributed by atoms with Crippen LogP contribution in [0.2, 0.25) is 5.02 Å². The van der Waals surface area contributed by atoms with Crippen molar-refractivity contribution in [3.05, 3.63) is 91.8 Å². The number of para-hydroxylation sites is 1. The lowest BCUT2D eigenvalue weighted by Gasteiger charge is -2.15. The number of amides is 3. The lowest BCUT2D eigenvalue weighted by atomic mass is 10.1. The average molecular weight is 646 g/mol. The second kappa shape index (κ2) is 13.0. The summed E-state index contributed by atoms with van der Waals surface area (Å²) in [5, 5.41) is 11.4. The summed E-state index contributed by atoms with van der Waals surface area (Å²) >= 11 is 10.3. The molecule has 12 heteroatoms. The van der Waals surface area contributed by atoms with Gasteiger partial charge in [0.2, 0.25) is 5.91 Å². The normalized spacial score (nSPS) is 14.0. The molecule has 1 aliphatic rings. The van der Waals surface area contributed by atoms with Crippen molar-refractivity contribution in [3.63, 3.8) is 0 Å². The third kappa shape index (κ3) is 7.04. The molecule has 1 saturated heterocycles. The molecule has 2 N–H and O–H groups in total. The molecule has 206 valence electrons. The van der Waals surface area contributed by atoms with E-state index in [1.54, 1.807) is 54.6 Å². The molecule has 0 aromatic heterocycles. The molecule has 0 saturated carbocycles. The third-order valence-corrected chi connectivity index (χ3v) is 7.36. The Kier molecular flexibility index (Phi) is 9.51. The molecule has 0 atom stereocenters. The molecule has 3 aromatic rings. The first-order valence-electron chi connectivity index (χ1n) is 11.9. The molecule has 3 aromatic carbocycles. The van der Waals surface area contributed by atoms with Crippen LogP contribution in [0.1, 0.15) is 28.4 Å². The summed E-state index contributed by atoms with van der Waals surface area (Å²) in [6.45, 7) is 1.86. The number of carboxylic acid groups (broad SMARTS) is 1. The molecular formula is C28H22BrClN2O7S. The van der Waals surface area contributed by atoms with E-state index in [-0.39, 0.29) is 17.1 Å². The summed E-state index contributed by atoms with van der Waals surface area (Å²) in [5.74, 6) is -1.34. The van der Waals surface area contributed by atoms with Gasteiger partial charge in [0, 0.05) is 0 Å². The van der Waals surface area contributed by atoms with E-state index in [2.05, 4.69) is 21.2 Å². The van der Waals surface area contributed by atoms with E-state index in [9.17, 15) is 19.2 Å². The molecule has 40 heavy (non-hydrogen) atoms. The molecule has 4 rings (SSSR count). The maximum absolute atomic E-state index is 13.0. The van der Waals surface area contributed by atoms with Crippen LogP contribution in [0.3, 0.4) is 0 Å². The highest BCUT2D eigenvalue weighted by Gasteiger charge is 2.36. The predicted molar refractivity (Wildman–Crippen MR) is 156 cm³/mol. The number of carboxylic acids is 1. The molecule has 0 radical (unpaired) electrons. The van der Waals surface area contributed by atoms with Crippen LogP contribution >= 0.6 is 39.3 Å². The second-order valence-electron chi connectivity index (χ2n) is 8.35. The Morgan fingerprint density at radius 2 is 1.82 bits per heavy atom. The lowest BCUT2D eigenvalue weighted by Crippen LogP contribution is -2.36. The minimum absolute atomic E-state index is 0.150. The fourth-order valence-corrected chi connectivity index (χ4v) is 5.25. The van der Waals surface area contributed by atoms with Crippen LogP contribution < -0.4 is 14.8 Å². The third-order valence-electron chi connectivity index (χ3n) is 5.54. The topological polar surface area (TPSA) is 122 Å². The summed E-state index contributed by atoms with van der Waals surface area (Å²) < 4.78 is 12.3. The second-order valence-corrected chi connectivity index (χ2v) is 10.6. The van der Waals surface area contributed by atoms with Crippen molar-refractivity contribution in [1.82, 2.24) is 4.90 Å². The SMILES string of the molecule is CCOc1cc(/C=C2/SC(=O)N(CC(=O)Nc3ccccc3Cl)C2=O)cc(Br)c1OCc1ccc(C(=O)O)cc1. The fraction of sp³-hybridized carbons (Fsp3) is 0.143. The standard InChI is InChI=1S/C28H22BrClN2O7S/c1-2-38-22-12-17(11-19(29)25(22)39-15-16-7-9-18(10-8-16)27(35)36)13-23-26(34)32(28(37)40-23)14-24(33)31-21-6-4-3-5-20(21)30/h3-13H,2,14-15H2,1H3,(H,31,33)(H,35,36)/b23-13+. The highest BCUT2D eigenvalue weighted by Crippen LogP contribution is 2.39. The van der Waals surface area contributed by atoms with Crippen LogP contribution in [0.4, 0.5) is 10.5 Å². The van der Waals surface area contributed by atoms with Crippen LogP contribution in [-0.2, 0) is 16.2 Å². The van der Waals surface area contributed by atoms with Crippen molar-refractivity contribution in [2.75, 3.05) is 18.5 Å². The molecule has 1 fully saturated rings. The smallest absolute Gasteiger partial charge is 0.335 e. The molecule has 1 aliphatic heterocycles. The maximum Gasteiger partial charge on any atom is 0.335 e. The number of halogens is 2. The quantitative estimate of drug-likeness (QED) is 0.241. The Morgan fingerprint density at radius 1 is 1.10 bits per heavy atom. The monoisotopic (exact) mass is 644 g/mol. The minimum atomic E-state index is -1.01. The lowest BCUT2D eigenvalue weighted by molar-refractivity contribution is -0.127. The number of anilines is 1. The van der Waals surface area contributed by atoms with Gasteiger partial charge in [-0.3, -0.25) is 19.3 Å². The van der Waals surface area contributed by atoms with E-state index in [0.29, 0.717) is 38.9 Å². The van der Waals surface area contributed by atoms with Gasteiger partial charge in [-0.05, 0) is 88.2 Å². The van der Waals surface area contributed by atoms with Crippen LogP contribution in [0.5, 0.6) is 11.5 Å². The first kappa shape index (κ1) is 29.2. The molecule has 0 aliphatic carbocycles. The highest BCUT2D eigenvalue weighted by atomic mass is 79.9. The summed E-state index contributed by atoms with van der Waals surface area (Å²) in [6, 6.07) is 16.4. The molecule has 9 nitrogen and oxygen atoms in total. The number of ether oxygens (including phenoxy) is 2. The van der Waals surface area contributed by atoms with Crippen molar-refractivity contribution >= 4 is 74.1 Å². The Morgan fingerprint density at radius 3 is 2.50 bits per heavy atom. The number of hydrogen-bond donors (Lipinski definition) is 2. The molecule has 0 bridgehead atoms. The maximum atomic E-state index is 13.0. The van der Waals surface area contributed by atoms with Gasteiger partial charge in [0.1, 0.15) is 13.2 Å². The Labute approximate surface area is 247 Å². The zero-order valence-corrected chi connectivity index (χ0v) is 24.1. The van der Waals surface area contributed by atoms with Crippen LogP contribution in [0, 0.1) is 0 Å². The van der Waals surface area contributed by atoms with Crippen molar-refractivity contribution in [3.8, 4) is 11.5 Å². The molecule has 0 spiro atoms. The number of carbonyl (C=O) groups excluding carboxylic acids is 3. The summed E-state index contributed by atoms with van der Waals surface area (Å²) in [4.78, 5) is 50.1. The predicted octanol–water partition coefficient (Wildman–Crippen LogP) is 6.45. The van der Waals surface area contributed by atoms with Crippen molar-refractivity contribution in [1.29, 1.82) is 0 Å². The van der Waals surface area contributed by atoms with Gasteiger partial charge in [0.15, 0.2) is 11.5 Å². The molecule has 0 unspecified atom stereocenters. The summed E-state index contributed by atoms with van der Waals surface area (Å²) in [7, 11) is 0. The van der Waals surface area contributed by atoms with Crippen molar-refractivity contribution < 1.29 is 33.8 Å². The Balaban J connectivity index is 1.48. The number of rotatable bonds is 10. The Hall–Kier alpha value is -3.80.